The van der Waals surface area contributed by atoms with E-state index in [2.05, 4.69) is 24.5 Å². The molecule has 4 heteroatoms. The number of ether oxygens (including phenoxy) is 1. The van der Waals surface area contributed by atoms with Gasteiger partial charge in [0.2, 0.25) is 0 Å². The van der Waals surface area contributed by atoms with Crippen LogP contribution >= 0.6 is 12.2 Å². The summed E-state index contributed by atoms with van der Waals surface area (Å²) in [6, 6.07) is 8.15. The van der Waals surface area contributed by atoms with Crippen LogP contribution < -0.4 is 15.4 Å². The zero-order valence-electron chi connectivity index (χ0n) is 12.0. The Kier molecular flexibility index (Phi) is 7.26. The highest BCUT2D eigenvalue weighted by Crippen LogP contribution is 2.16. The van der Waals surface area contributed by atoms with Gasteiger partial charge in [0, 0.05) is 17.8 Å². The number of hydrogen-bond donors (Lipinski definition) is 2. The molecule has 0 spiro atoms. The number of benzene rings is 1. The number of hydrogen-bond acceptors (Lipinski definition) is 2. The van der Waals surface area contributed by atoms with Crippen LogP contribution in [0.3, 0.4) is 0 Å². The summed E-state index contributed by atoms with van der Waals surface area (Å²) in [7, 11) is 1.66. The summed E-state index contributed by atoms with van der Waals surface area (Å²) in [6.45, 7) is 4.38. The van der Waals surface area contributed by atoms with Gasteiger partial charge in [0.1, 0.15) is 5.75 Å². The molecule has 0 unspecified atom stereocenters. The molecule has 0 aliphatic carbocycles. The van der Waals surface area contributed by atoms with Crippen LogP contribution in [0.2, 0.25) is 0 Å². The summed E-state index contributed by atoms with van der Waals surface area (Å²) < 4.78 is 5.18. The van der Waals surface area contributed by atoms with Crippen molar-refractivity contribution >= 4 is 23.0 Å². The molecule has 106 valence electrons. The van der Waals surface area contributed by atoms with Crippen LogP contribution in [0.4, 0.5) is 5.69 Å². The maximum Gasteiger partial charge on any atom is 0.170 e. The fourth-order valence-electron chi connectivity index (χ4n) is 1.86. The van der Waals surface area contributed by atoms with Crippen molar-refractivity contribution in [2.24, 2.45) is 0 Å². The third-order valence-electron chi connectivity index (χ3n) is 2.95. The third kappa shape index (κ3) is 6.43. The summed E-state index contributed by atoms with van der Waals surface area (Å²) in [5, 5.41) is 7.15. The minimum atomic E-state index is 0.400. The van der Waals surface area contributed by atoms with Gasteiger partial charge in [-0.1, -0.05) is 32.3 Å². The number of anilines is 1. The van der Waals surface area contributed by atoms with Crippen molar-refractivity contribution < 1.29 is 4.74 Å². The first-order chi connectivity index (χ1) is 9.15. The van der Waals surface area contributed by atoms with E-state index in [0.29, 0.717) is 11.2 Å². The fourth-order valence-corrected chi connectivity index (χ4v) is 2.18. The molecule has 1 aromatic rings. The van der Waals surface area contributed by atoms with Gasteiger partial charge in [-0.25, -0.2) is 0 Å². The van der Waals surface area contributed by atoms with E-state index in [1.807, 2.05) is 24.3 Å². The molecular weight excluding hydrogens is 256 g/mol. The zero-order chi connectivity index (χ0) is 14.1. The molecule has 0 aliphatic rings. The fraction of sp³-hybridized carbons (Fsp3) is 0.533. The van der Waals surface area contributed by atoms with Crippen LogP contribution in [0.5, 0.6) is 5.75 Å². The van der Waals surface area contributed by atoms with Crippen LogP contribution in [-0.2, 0) is 0 Å². The third-order valence-corrected chi connectivity index (χ3v) is 3.17. The molecule has 0 saturated carbocycles. The van der Waals surface area contributed by atoms with Crippen molar-refractivity contribution in [3.8, 4) is 5.75 Å². The van der Waals surface area contributed by atoms with Gasteiger partial charge in [-0.05, 0) is 37.7 Å². The Labute approximate surface area is 121 Å². The second kappa shape index (κ2) is 8.75. The second-order valence-electron chi connectivity index (χ2n) is 4.73. The average molecular weight is 280 g/mol. The van der Waals surface area contributed by atoms with E-state index < -0.39 is 0 Å². The Morgan fingerprint density at radius 2 is 2.16 bits per heavy atom. The lowest BCUT2D eigenvalue weighted by molar-refractivity contribution is 0.415. The van der Waals surface area contributed by atoms with Crippen molar-refractivity contribution in [1.29, 1.82) is 0 Å². The van der Waals surface area contributed by atoms with Crippen LogP contribution in [0.25, 0.3) is 0 Å². The Balaban J connectivity index is 2.37. The molecular formula is C15H24N2OS. The quantitative estimate of drug-likeness (QED) is 0.585. The summed E-state index contributed by atoms with van der Waals surface area (Å²) in [6.07, 6.45) is 4.92. The largest absolute Gasteiger partial charge is 0.497 e. The van der Waals surface area contributed by atoms with Crippen molar-refractivity contribution in [2.75, 3.05) is 12.4 Å². The lowest BCUT2D eigenvalue weighted by Gasteiger charge is -2.17. The number of thiocarbonyl (C=S) groups is 1. The van der Waals surface area contributed by atoms with Crippen molar-refractivity contribution in [3.05, 3.63) is 24.3 Å². The van der Waals surface area contributed by atoms with E-state index in [1.54, 1.807) is 7.11 Å². The zero-order valence-corrected chi connectivity index (χ0v) is 12.8. The molecule has 2 N–H and O–H groups in total. The molecule has 3 nitrogen and oxygen atoms in total. The molecule has 0 aromatic heterocycles. The second-order valence-corrected chi connectivity index (χ2v) is 5.14. The van der Waals surface area contributed by atoms with Gasteiger partial charge in [-0.2, -0.15) is 0 Å². The molecule has 0 fully saturated rings. The Morgan fingerprint density at radius 3 is 2.84 bits per heavy atom. The summed E-state index contributed by atoms with van der Waals surface area (Å²) >= 11 is 5.31. The Morgan fingerprint density at radius 1 is 1.37 bits per heavy atom. The minimum absolute atomic E-state index is 0.400. The van der Waals surface area contributed by atoms with Crippen LogP contribution in [0.15, 0.2) is 24.3 Å². The number of rotatable bonds is 7. The number of unbranched alkanes of at least 4 members (excludes halogenated alkanes) is 2. The van der Waals surface area contributed by atoms with Gasteiger partial charge in [0.05, 0.1) is 7.11 Å². The monoisotopic (exact) mass is 280 g/mol. The molecule has 0 radical (unpaired) electrons. The van der Waals surface area contributed by atoms with Gasteiger partial charge >= 0.3 is 0 Å². The van der Waals surface area contributed by atoms with Gasteiger partial charge in [-0.15, -0.1) is 0 Å². The standard InChI is InChI=1S/C15H24N2OS/c1-4-5-6-8-12(2)16-15(19)17-13-9-7-10-14(11-13)18-3/h7,9-12H,4-6,8H2,1-3H3,(H2,16,17,19)/t12-/m0/s1. The van der Waals surface area contributed by atoms with Crippen LogP contribution in [0, 0.1) is 0 Å². The molecule has 0 saturated heterocycles. The topological polar surface area (TPSA) is 33.3 Å². The van der Waals surface area contributed by atoms with Crippen molar-refractivity contribution in [1.82, 2.24) is 5.32 Å². The highest BCUT2D eigenvalue weighted by Gasteiger charge is 2.04. The summed E-state index contributed by atoms with van der Waals surface area (Å²) in [5.74, 6) is 0.823. The number of nitrogens with one attached hydrogen (secondary N) is 2. The SMILES string of the molecule is CCCCC[C@H](C)NC(=S)Nc1cccc(OC)c1. The average Bonchev–Trinajstić information content (AvgIpc) is 2.39. The van der Waals surface area contributed by atoms with Gasteiger partial charge in [0.25, 0.3) is 0 Å². The Bertz CT molecular complexity index is 395. The lowest BCUT2D eigenvalue weighted by atomic mass is 10.1. The first-order valence-electron chi connectivity index (χ1n) is 6.87. The van der Waals surface area contributed by atoms with Crippen LogP contribution in [0.1, 0.15) is 39.5 Å². The molecule has 1 atom stereocenters. The van der Waals surface area contributed by atoms with E-state index in [4.69, 9.17) is 17.0 Å². The van der Waals surface area contributed by atoms with Crippen LogP contribution in [-0.4, -0.2) is 18.3 Å². The smallest absolute Gasteiger partial charge is 0.170 e. The van der Waals surface area contributed by atoms with E-state index in [-0.39, 0.29) is 0 Å². The molecule has 0 heterocycles. The number of methoxy groups -OCH3 is 1. The molecule has 1 rings (SSSR count). The lowest BCUT2D eigenvalue weighted by Crippen LogP contribution is -2.35. The molecule has 0 amide bonds. The van der Waals surface area contributed by atoms with E-state index in [1.165, 1.54) is 19.3 Å². The molecule has 0 bridgehead atoms. The maximum atomic E-state index is 5.31. The summed E-state index contributed by atoms with van der Waals surface area (Å²) in [5.41, 5.74) is 0.942. The minimum Gasteiger partial charge on any atom is -0.497 e. The normalized spacial score (nSPS) is 11.7. The Hall–Kier alpha value is -1.29. The predicted molar refractivity (Wildman–Crippen MR) is 86.0 cm³/mol. The van der Waals surface area contributed by atoms with E-state index in [9.17, 15) is 0 Å². The highest BCUT2D eigenvalue weighted by atomic mass is 32.1. The first-order valence-corrected chi connectivity index (χ1v) is 7.28. The van der Waals surface area contributed by atoms with E-state index >= 15 is 0 Å². The maximum absolute atomic E-state index is 5.31. The van der Waals surface area contributed by atoms with Gasteiger partial charge in [0.15, 0.2) is 5.11 Å². The van der Waals surface area contributed by atoms with Gasteiger partial charge < -0.3 is 15.4 Å². The molecule has 1 aromatic carbocycles. The molecule has 0 aliphatic heterocycles. The molecule has 19 heavy (non-hydrogen) atoms. The summed E-state index contributed by atoms with van der Waals surface area (Å²) in [4.78, 5) is 0. The highest BCUT2D eigenvalue weighted by molar-refractivity contribution is 7.80. The van der Waals surface area contributed by atoms with E-state index in [0.717, 1.165) is 17.9 Å². The predicted octanol–water partition coefficient (Wildman–Crippen LogP) is 3.95. The van der Waals surface area contributed by atoms with Crippen molar-refractivity contribution in [2.45, 2.75) is 45.6 Å². The van der Waals surface area contributed by atoms with Crippen molar-refractivity contribution in [3.63, 3.8) is 0 Å². The van der Waals surface area contributed by atoms with Gasteiger partial charge in [-0.3, -0.25) is 0 Å². The first kappa shape index (κ1) is 15.8.